The average molecular weight is 207 g/mol. The predicted molar refractivity (Wildman–Crippen MR) is 55.8 cm³/mol. The van der Waals surface area contributed by atoms with Crippen LogP contribution in [-0.4, -0.2) is 17.6 Å². The Bertz CT molecular complexity index is 427. The van der Waals surface area contributed by atoms with E-state index in [-0.39, 0.29) is 5.97 Å². The van der Waals surface area contributed by atoms with Crippen LogP contribution in [0.4, 0.5) is 0 Å². The molecule has 2 rings (SSSR count). The number of aromatic amines is 1. The molecular formula is C11H13NO3. The summed E-state index contributed by atoms with van der Waals surface area (Å²) in [4.78, 5) is 14.4. The number of unbranched alkanes of at least 4 members (excludes halogenated alkanes) is 1. The van der Waals surface area contributed by atoms with E-state index < -0.39 is 0 Å². The van der Waals surface area contributed by atoms with Gasteiger partial charge >= 0.3 is 5.97 Å². The van der Waals surface area contributed by atoms with E-state index in [4.69, 9.17) is 9.15 Å². The normalized spacial score (nSPS) is 10.7. The Morgan fingerprint density at radius 3 is 3.20 bits per heavy atom. The lowest BCUT2D eigenvalue weighted by Gasteiger charge is -2.00. The maximum Gasteiger partial charge on any atom is 0.354 e. The highest BCUT2D eigenvalue weighted by Crippen LogP contribution is 2.16. The zero-order chi connectivity index (χ0) is 10.7. The minimum absolute atomic E-state index is 0.324. The summed E-state index contributed by atoms with van der Waals surface area (Å²) in [5, 5.41) is 0. The molecule has 0 bridgehead atoms. The maximum absolute atomic E-state index is 11.5. The first-order valence-electron chi connectivity index (χ1n) is 5.04. The van der Waals surface area contributed by atoms with Crippen LogP contribution in [0.25, 0.3) is 11.1 Å². The molecule has 2 heterocycles. The number of esters is 1. The van der Waals surface area contributed by atoms with Gasteiger partial charge in [0.25, 0.3) is 0 Å². The van der Waals surface area contributed by atoms with Crippen molar-refractivity contribution in [3.05, 3.63) is 24.1 Å². The molecule has 1 N–H and O–H groups in total. The summed E-state index contributed by atoms with van der Waals surface area (Å²) >= 11 is 0. The minimum Gasteiger partial charge on any atom is -0.463 e. The minimum atomic E-state index is -0.324. The quantitative estimate of drug-likeness (QED) is 0.619. The van der Waals surface area contributed by atoms with Gasteiger partial charge in [0.15, 0.2) is 5.58 Å². The molecule has 0 radical (unpaired) electrons. The van der Waals surface area contributed by atoms with Gasteiger partial charge in [-0.15, -0.1) is 0 Å². The first kappa shape index (κ1) is 9.83. The Kier molecular flexibility index (Phi) is 2.76. The number of fused-ring (bicyclic) bond motifs is 1. The first-order valence-corrected chi connectivity index (χ1v) is 5.04. The topological polar surface area (TPSA) is 55.2 Å². The van der Waals surface area contributed by atoms with Gasteiger partial charge in [-0.2, -0.15) is 0 Å². The maximum atomic E-state index is 11.5. The molecule has 0 atom stereocenters. The van der Waals surface area contributed by atoms with E-state index in [2.05, 4.69) is 11.9 Å². The second-order valence-electron chi connectivity index (χ2n) is 3.37. The highest BCUT2D eigenvalue weighted by Gasteiger charge is 2.11. The van der Waals surface area contributed by atoms with E-state index >= 15 is 0 Å². The van der Waals surface area contributed by atoms with Crippen LogP contribution >= 0.6 is 0 Å². The molecule has 15 heavy (non-hydrogen) atoms. The van der Waals surface area contributed by atoms with Crippen molar-refractivity contribution in [3.8, 4) is 0 Å². The van der Waals surface area contributed by atoms with Crippen LogP contribution in [0.2, 0.25) is 0 Å². The predicted octanol–water partition coefficient (Wildman–Crippen LogP) is 2.72. The third kappa shape index (κ3) is 2.03. The molecule has 2 aromatic heterocycles. The number of furan rings is 1. The molecule has 0 aliphatic carbocycles. The lowest BCUT2D eigenvalue weighted by Crippen LogP contribution is -2.06. The molecule has 0 spiro atoms. The molecular weight excluding hydrogens is 194 g/mol. The molecule has 0 amide bonds. The molecule has 4 heteroatoms. The van der Waals surface area contributed by atoms with Crippen molar-refractivity contribution in [3.63, 3.8) is 0 Å². The van der Waals surface area contributed by atoms with Crippen LogP contribution in [0.15, 0.2) is 22.8 Å². The summed E-state index contributed by atoms with van der Waals surface area (Å²) in [7, 11) is 0. The first-order chi connectivity index (χ1) is 7.31. The second-order valence-corrected chi connectivity index (χ2v) is 3.37. The Balaban J connectivity index is 2.04. The van der Waals surface area contributed by atoms with Crippen LogP contribution in [0.1, 0.15) is 30.3 Å². The molecule has 0 aliphatic heterocycles. The van der Waals surface area contributed by atoms with Gasteiger partial charge in [-0.05, 0) is 6.42 Å². The smallest absolute Gasteiger partial charge is 0.354 e. The van der Waals surface area contributed by atoms with Gasteiger partial charge in [0.1, 0.15) is 5.69 Å². The number of ether oxygens (including phenoxy) is 1. The van der Waals surface area contributed by atoms with Crippen LogP contribution < -0.4 is 0 Å². The molecule has 4 nitrogen and oxygen atoms in total. The highest BCUT2D eigenvalue weighted by molar-refractivity contribution is 5.93. The van der Waals surface area contributed by atoms with Crippen molar-refractivity contribution in [1.29, 1.82) is 0 Å². The Hall–Kier alpha value is -1.71. The molecule has 0 saturated carbocycles. The van der Waals surface area contributed by atoms with E-state index in [0.29, 0.717) is 17.9 Å². The molecule has 0 aromatic carbocycles. The van der Waals surface area contributed by atoms with Gasteiger partial charge in [-0.1, -0.05) is 13.3 Å². The van der Waals surface area contributed by atoms with Gasteiger partial charge in [-0.25, -0.2) is 4.79 Å². The third-order valence-electron chi connectivity index (χ3n) is 2.19. The number of hydrogen-bond acceptors (Lipinski definition) is 3. The van der Waals surface area contributed by atoms with Crippen molar-refractivity contribution in [2.45, 2.75) is 19.8 Å². The van der Waals surface area contributed by atoms with Crippen LogP contribution in [0.3, 0.4) is 0 Å². The fourth-order valence-electron chi connectivity index (χ4n) is 1.35. The Morgan fingerprint density at radius 1 is 1.60 bits per heavy atom. The third-order valence-corrected chi connectivity index (χ3v) is 2.19. The van der Waals surface area contributed by atoms with Crippen LogP contribution in [-0.2, 0) is 4.74 Å². The summed E-state index contributed by atoms with van der Waals surface area (Å²) in [6.45, 7) is 2.52. The SMILES string of the molecule is CCCCOC(=O)c1cc2occc2[nH]1. The zero-order valence-electron chi connectivity index (χ0n) is 8.58. The molecule has 80 valence electrons. The number of nitrogens with one attached hydrogen (secondary N) is 1. The van der Waals surface area contributed by atoms with Gasteiger partial charge in [-0.3, -0.25) is 0 Å². The van der Waals surface area contributed by atoms with Crippen molar-refractivity contribution in [2.75, 3.05) is 6.61 Å². The summed E-state index contributed by atoms with van der Waals surface area (Å²) in [6, 6.07) is 3.43. The zero-order valence-corrected chi connectivity index (χ0v) is 8.58. The monoisotopic (exact) mass is 207 g/mol. The fraction of sp³-hybridized carbons (Fsp3) is 0.364. The van der Waals surface area contributed by atoms with Gasteiger partial charge < -0.3 is 14.1 Å². The lowest BCUT2D eigenvalue weighted by molar-refractivity contribution is 0.0494. The van der Waals surface area contributed by atoms with Crippen molar-refractivity contribution < 1.29 is 13.9 Å². The lowest BCUT2D eigenvalue weighted by atomic mass is 10.3. The highest BCUT2D eigenvalue weighted by atomic mass is 16.5. The largest absolute Gasteiger partial charge is 0.463 e. The van der Waals surface area contributed by atoms with Crippen LogP contribution in [0, 0.1) is 0 Å². The average Bonchev–Trinajstić information content (AvgIpc) is 2.76. The van der Waals surface area contributed by atoms with Crippen molar-refractivity contribution in [1.82, 2.24) is 4.98 Å². The molecule has 0 saturated heterocycles. The Morgan fingerprint density at radius 2 is 2.47 bits per heavy atom. The van der Waals surface area contributed by atoms with Crippen molar-refractivity contribution >= 4 is 17.1 Å². The van der Waals surface area contributed by atoms with E-state index in [1.54, 1.807) is 18.4 Å². The number of aromatic nitrogens is 1. The number of hydrogen-bond donors (Lipinski definition) is 1. The molecule has 2 aromatic rings. The second kappa shape index (κ2) is 4.21. The van der Waals surface area contributed by atoms with E-state index in [1.807, 2.05) is 0 Å². The van der Waals surface area contributed by atoms with Gasteiger partial charge in [0.2, 0.25) is 0 Å². The fourth-order valence-corrected chi connectivity index (χ4v) is 1.35. The van der Waals surface area contributed by atoms with Gasteiger partial charge in [0, 0.05) is 12.1 Å². The number of rotatable bonds is 4. The molecule has 0 fully saturated rings. The number of carbonyl (C=O) groups excluding carboxylic acids is 1. The van der Waals surface area contributed by atoms with E-state index in [9.17, 15) is 4.79 Å². The van der Waals surface area contributed by atoms with Crippen LogP contribution in [0.5, 0.6) is 0 Å². The summed E-state index contributed by atoms with van der Waals surface area (Å²) < 4.78 is 10.2. The summed E-state index contributed by atoms with van der Waals surface area (Å²) in [6.07, 6.45) is 3.48. The summed E-state index contributed by atoms with van der Waals surface area (Å²) in [5.41, 5.74) is 1.94. The number of H-pyrrole nitrogens is 1. The molecule has 0 unspecified atom stereocenters. The number of carbonyl (C=O) groups is 1. The Labute approximate surface area is 87.2 Å². The standard InChI is InChI=1S/C11H13NO3/c1-2-3-5-15-11(13)9-7-10-8(12-9)4-6-14-10/h4,6-7,12H,2-3,5H2,1H3. The van der Waals surface area contributed by atoms with E-state index in [0.717, 1.165) is 18.4 Å². The van der Waals surface area contributed by atoms with Gasteiger partial charge in [0.05, 0.1) is 18.4 Å². The van der Waals surface area contributed by atoms with E-state index in [1.165, 1.54) is 0 Å². The molecule has 0 aliphatic rings. The summed E-state index contributed by atoms with van der Waals surface area (Å²) in [5.74, 6) is -0.324. The van der Waals surface area contributed by atoms with Crippen molar-refractivity contribution in [2.24, 2.45) is 0 Å².